The molecular formula is C14H12F3I3NO6S-. The number of hydrogen-bond acceptors (Lipinski definition) is 6. The molecule has 0 aliphatic heterocycles. The maximum atomic E-state index is 12.1. The van der Waals surface area contributed by atoms with Gasteiger partial charge >= 0.3 is 17.4 Å². The molecule has 0 saturated heterocycles. The van der Waals surface area contributed by atoms with Crippen LogP contribution in [0, 0.1) is 10.7 Å². The molecule has 0 aliphatic carbocycles. The van der Waals surface area contributed by atoms with Crippen LogP contribution >= 0.6 is 67.8 Å². The van der Waals surface area contributed by atoms with Crippen LogP contribution in [0.15, 0.2) is 12.1 Å². The quantitative estimate of drug-likeness (QED) is 0.162. The largest absolute Gasteiger partial charge is 0.538 e. The highest BCUT2D eigenvalue weighted by atomic mass is 127. The monoisotopic (exact) mass is 760 g/mol. The number of esters is 2. The Balaban J connectivity index is 2.30. The fourth-order valence-electron chi connectivity index (χ4n) is 1.63. The number of nitrogens with zero attached hydrogens (tertiary/aromatic N) is 1. The molecule has 0 N–H and O–H groups in total. The predicted octanol–water partition coefficient (Wildman–Crippen LogP) is 4.20. The molecule has 0 amide bonds. The van der Waals surface area contributed by atoms with Gasteiger partial charge in [0.05, 0.1) is 18.8 Å². The summed E-state index contributed by atoms with van der Waals surface area (Å²) in [6, 6.07) is 3.58. The molecule has 0 saturated carbocycles. The highest BCUT2D eigenvalue weighted by molar-refractivity contribution is 14.1. The molecule has 0 unspecified atom stereocenters. The molecule has 1 aromatic carbocycles. The van der Waals surface area contributed by atoms with Gasteiger partial charge in [0.1, 0.15) is 0 Å². The number of sulfonamides is 1. The molecule has 0 fully saturated rings. The number of carbonyl (C=O) groups is 2. The Morgan fingerprint density at radius 1 is 1.07 bits per heavy atom. The molecule has 0 spiro atoms. The molecular weight excluding hydrogens is 748 g/mol. The third-order valence-corrected chi connectivity index (χ3v) is 7.65. The second-order valence-electron chi connectivity index (χ2n) is 4.98. The van der Waals surface area contributed by atoms with Crippen molar-refractivity contribution in [1.29, 1.82) is 0 Å². The fraction of sp³-hybridized carbons (Fsp3) is 0.429. The highest BCUT2D eigenvalue weighted by Crippen LogP contribution is 2.27. The lowest BCUT2D eigenvalue weighted by Gasteiger charge is -2.21. The van der Waals surface area contributed by atoms with E-state index in [0.29, 0.717) is 5.56 Å². The van der Waals surface area contributed by atoms with Crippen LogP contribution in [-0.4, -0.2) is 45.6 Å². The lowest BCUT2D eigenvalue weighted by Crippen LogP contribution is -2.23. The molecule has 14 heteroatoms. The lowest BCUT2D eigenvalue weighted by molar-refractivity contribution is -0.143. The van der Waals surface area contributed by atoms with E-state index >= 15 is 0 Å². The maximum Gasteiger partial charge on any atom is 0.480 e. The Kier molecular flexibility index (Phi) is 10.7. The minimum Gasteiger partial charge on any atom is -0.538 e. The summed E-state index contributed by atoms with van der Waals surface area (Å²) in [6.45, 7) is -1.49. The van der Waals surface area contributed by atoms with Gasteiger partial charge in [-0.05, 0) is 86.3 Å². The Hall–Kier alpha value is 0.0500. The summed E-state index contributed by atoms with van der Waals surface area (Å²) >= 11 is 6.20. The van der Waals surface area contributed by atoms with Crippen LogP contribution in [0.2, 0.25) is 0 Å². The van der Waals surface area contributed by atoms with Gasteiger partial charge < -0.3 is 14.2 Å². The zero-order valence-corrected chi connectivity index (χ0v) is 21.1. The smallest absolute Gasteiger partial charge is 0.480 e. The van der Waals surface area contributed by atoms with Crippen LogP contribution < -0.4 is 0 Å². The van der Waals surface area contributed by atoms with Crippen molar-refractivity contribution >= 4 is 89.7 Å². The topological polar surface area (TPSA) is 101 Å². The van der Waals surface area contributed by atoms with Gasteiger partial charge in [0.15, 0.2) is 10.0 Å². The molecule has 0 aromatic heterocycles. The van der Waals surface area contributed by atoms with Crippen molar-refractivity contribution in [3.8, 4) is 0 Å². The molecule has 1 rings (SSSR count). The fourth-order valence-corrected chi connectivity index (χ4v) is 4.46. The summed E-state index contributed by atoms with van der Waals surface area (Å²) < 4.78 is 72.2. The molecule has 1 aromatic rings. The summed E-state index contributed by atoms with van der Waals surface area (Å²) in [6.07, 6.45) is -0.0135. The third-order valence-electron chi connectivity index (χ3n) is 2.88. The summed E-state index contributed by atoms with van der Waals surface area (Å²) in [5.74, 6) is -1.31. The Bertz CT molecular complexity index is 832. The zero-order valence-electron chi connectivity index (χ0n) is 13.8. The van der Waals surface area contributed by atoms with Gasteiger partial charge in [0.25, 0.3) is 0 Å². The number of alkyl halides is 3. The SMILES string of the molecule is O=C(CCCOC(=O)c1cc(I)cc(I)c1I)OCC[N-]S(=O)(=O)C(F)(F)F. The van der Waals surface area contributed by atoms with Crippen molar-refractivity contribution < 1.29 is 40.7 Å². The standard InChI is InChI=1S/C14H12F3I3NO6S/c15-14(16,17)28(24,25)21-3-5-26-11(22)2-1-4-27-13(23)9-6-8(18)7-10(19)12(9)20/h6-7H,1-5H2/q-1. The van der Waals surface area contributed by atoms with Gasteiger partial charge in [-0.15, -0.1) is 6.54 Å². The van der Waals surface area contributed by atoms with Crippen molar-refractivity contribution in [2.45, 2.75) is 18.3 Å². The average molecular weight is 760 g/mol. The second kappa shape index (κ2) is 11.4. The minimum atomic E-state index is -5.59. The first-order valence-corrected chi connectivity index (χ1v) is 12.0. The van der Waals surface area contributed by atoms with Crippen LogP contribution in [0.4, 0.5) is 13.2 Å². The highest BCUT2D eigenvalue weighted by Gasteiger charge is 2.38. The molecule has 7 nitrogen and oxygen atoms in total. The van der Waals surface area contributed by atoms with E-state index in [-0.39, 0.29) is 19.4 Å². The van der Waals surface area contributed by atoms with Crippen LogP contribution in [0.25, 0.3) is 4.72 Å². The van der Waals surface area contributed by atoms with Crippen LogP contribution in [0.5, 0.6) is 0 Å². The van der Waals surface area contributed by atoms with Gasteiger partial charge in [-0.25, -0.2) is 13.2 Å². The summed E-state index contributed by atoms with van der Waals surface area (Å²) in [5, 5.41) is 0. The maximum absolute atomic E-state index is 12.1. The molecule has 28 heavy (non-hydrogen) atoms. The number of rotatable bonds is 9. The van der Waals surface area contributed by atoms with Crippen LogP contribution in [-0.2, 0) is 24.3 Å². The molecule has 0 aliphatic rings. The van der Waals surface area contributed by atoms with Crippen molar-refractivity contribution in [3.63, 3.8) is 0 Å². The first-order chi connectivity index (χ1) is 12.8. The second-order valence-corrected chi connectivity index (χ2v) is 10.1. The van der Waals surface area contributed by atoms with Crippen molar-refractivity contribution in [3.05, 3.63) is 33.1 Å². The van der Waals surface area contributed by atoms with E-state index in [0.717, 1.165) is 10.7 Å². The van der Waals surface area contributed by atoms with Gasteiger partial charge in [-0.3, -0.25) is 4.79 Å². The van der Waals surface area contributed by atoms with Gasteiger partial charge in [0.2, 0.25) is 0 Å². The number of halogens is 6. The van der Waals surface area contributed by atoms with Crippen molar-refractivity contribution in [2.75, 3.05) is 19.8 Å². The molecule has 158 valence electrons. The number of carbonyl (C=O) groups excluding carboxylic acids is 2. The number of hydrogen-bond donors (Lipinski definition) is 0. The van der Waals surface area contributed by atoms with E-state index < -0.39 is 40.6 Å². The predicted molar refractivity (Wildman–Crippen MR) is 118 cm³/mol. The van der Waals surface area contributed by atoms with Gasteiger partial charge in [-0.2, -0.15) is 13.2 Å². The van der Waals surface area contributed by atoms with E-state index in [9.17, 15) is 31.2 Å². The summed E-state index contributed by atoms with van der Waals surface area (Å²) in [5.41, 5.74) is -5.07. The Morgan fingerprint density at radius 2 is 1.71 bits per heavy atom. The Morgan fingerprint density at radius 3 is 2.32 bits per heavy atom. The molecule has 0 bridgehead atoms. The first kappa shape index (κ1) is 26.1. The molecule has 0 radical (unpaired) electrons. The first-order valence-electron chi connectivity index (χ1n) is 7.32. The van der Waals surface area contributed by atoms with Crippen molar-refractivity contribution in [1.82, 2.24) is 0 Å². The van der Waals surface area contributed by atoms with Crippen LogP contribution in [0.1, 0.15) is 23.2 Å². The van der Waals surface area contributed by atoms with E-state index in [2.05, 4.69) is 54.6 Å². The summed E-state index contributed by atoms with van der Waals surface area (Å²) in [4.78, 5) is 23.5. The number of ether oxygens (including phenoxy) is 2. The van der Waals surface area contributed by atoms with Gasteiger partial charge in [-0.1, -0.05) is 0 Å². The van der Waals surface area contributed by atoms with E-state index in [1.807, 2.05) is 28.7 Å². The van der Waals surface area contributed by atoms with E-state index in [4.69, 9.17) is 4.74 Å². The van der Waals surface area contributed by atoms with Crippen molar-refractivity contribution in [2.24, 2.45) is 0 Å². The van der Waals surface area contributed by atoms with E-state index in [1.165, 1.54) is 0 Å². The van der Waals surface area contributed by atoms with E-state index in [1.54, 1.807) is 6.07 Å². The average Bonchev–Trinajstić information content (AvgIpc) is 2.57. The third kappa shape index (κ3) is 8.42. The van der Waals surface area contributed by atoms with Crippen LogP contribution in [0.3, 0.4) is 0 Å². The number of benzene rings is 1. The van der Waals surface area contributed by atoms with Gasteiger partial charge in [0, 0.05) is 17.1 Å². The normalized spacial score (nSPS) is 11.9. The Labute approximate surface area is 199 Å². The zero-order chi connectivity index (χ0) is 21.5. The lowest BCUT2D eigenvalue weighted by atomic mass is 10.2. The minimum absolute atomic E-state index is 0.0567. The summed E-state index contributed by atoms with van der Waals surface area (Å²) in [7, 11) is -5.59. The molecule has 0 atom stereocenters. The molecule has 0 heterocycles.